The van der Waals surface area contributed by atoms with E-state index < -0.39 is 105 Å². The molecule has 16 nitrogen and oxygen atoms in total. The van der Waals surface area contributed by atoms with E-state index in [-0.39, 0.29) is 0 Å². The van der Waals surface area contributed by atoms with Crippen molar-refractivity contribution in [1.82, 2.24) is 0 Å². The molecule has 15 atom stereocenters. The lowest BCUT2D eigenvalue weighted by Gasteiger charge is -2.49. The number of aliphatic hydroxyl groups excluding tert-OH is 9. The van der Waals surface area contributed by atoms with Crippen molar-refractivity contribution in [1.29, 1.82) is 0 Å². The molecular weight excluding hydrogens is 470 g/mol. The molecule has 0 spiro atoms. The van der Waals surface area contributed by atoms with E-state index in [9.17, 15) is 51.1 Å². The van der Waals surface area contributed by atoms with Crippen LogP contribution >= 0.6 is 0 Å². The molecule has 0 amide bonds. The molecule has 0 unspecified atom stereocenters. The normalized spacial score (nSPS) is 54.7. The van der Waals surface area contributed by atoms with E-state index in [4.69, 9.17) is 29.4 Å². The smallest absolute Gasteiger partial charge is 0.187 e. The maximum Gasteiger partial charge on any atom is 0.187 e. The highest BCUT2D eigenvalue weighted by Gasteiger charge is 2.55. The van der Waals surface area contributed by atoms with Crippen LogP contribution in [0.5, 0.6) is 0 Å². The summed E-state index contributed by atoms with van der Waals surface area (Å²) in [7, 11) is 0. The van der Waals surface area contributed by atoms with Gasteiger partial charge in [0, 0.05) is 0 Å². The second-order valence-electron chi connectivity index (χ2n) is 8.61. The van der Waals surface area contributed by atoms with Crippen LogP contribution in [-0.4, -0.2) is 156 Å². The van der Waals surface area contributed by atoms with Gasteiger partial charge in [-0.15, -0.1) is 0 Å². The summed E-state index contributed by atoms with van der Waals surface area (Å²) in [5, 5.41) is 100. The van der Waals surface area contributed by atoms with Gasteiger partial charge in [-0.25, -0.2) is 0 Å². The Morgan fingerprint density at radius 1 is 0.706 bits per heavy atom. The van der Waals surface area contributed by atoms with Crippen molar-refractivity contribution in [3.8, 4) is 0 Å². The molecule has 3 aliphatic heterocycles. The summed E-state index contributed by atoms with van der Waals surface area (Å²) in [6.45, 7) is -0.260. The van der Waals surface area contributed by atoms with Gasteiger partial charge in [0.05, 0.1) is 13.2 Å². The Kier molecular flexibility index (Phi) is 8.85. The minimum atomic E-state index is -2.31. The topological polar surface area (TPSA) is 274 Å². The maximum absolute atomic E-state index is 10.6. The number of aliphatic hydroxyl groups is 10. The van der Waals surface area contributed by atoms with Crippen molar-refractivity contribution in [2.45, 2.75) is 98.7 Å². The summed E-state index contributed by atoms with van der Waals surface area (Å²) in [5.41, 5.74) is 3.22. The number of rotatable bonds is 6. The molecule has 3 rings (SSSR count). The third-order valence-electron chi connectivity index (χ3n) is 6.31. The fraction of sp³-hybridized carbons (Fsp3) is 1.00. The molecule has 3 fully saturated rings. The minimum Gasteiger partial charge on any atom is -0.394 e. The van der Waals surface area contributed by atoms with E-state index >= 15 is 0 Å². The van der Waals surface area contributed by atoms with Gasteiger partial charge in [-0.3, -0.25) is 5.73 Å². The summed E-state index contributed by atoms with van der Waals surface area (Å²) >= 11 is 0. The van der Waals surface area contributed by atoms with Gasteiger partial charge in [-0.2, -0.15) is 0 Å². The molecule has 12 N–H and O–H groups in total. The van der Waals surface area contributed by atoms with Crippen LogP contribution in [0.3, 0.4) is 0 Å². The van der Waals surface area contributed by atoms with Crippen LogP contribution in [0, 0.1) is 0 Å². The van der Waals surface area contributed by atoms with Gasteiger partial charge in [0.15, 0.2) is 24.6 Å². The van der Waals surface area contributed by atoms with E-state index in [1.54, 1.807) is 0 Å². The summed E-state index contributed by atoms with van der Waals surface area (Å²) in [6.07, 6.45) is -23.4. The van der Waals surface area contributed by atoms with Gasteiger partial charge >= 0.3 is 0 Å². The summed E-state index contributed by atoms with van der Waals surface area (Å²) in [5.74, 6) is 0. The zero-order valence-corrected chi connectivity index (χ0v) is 18.1. The summed E-state index contributed by atoms with van der Waals surface area (Å²) in [6, 6.07) is 0. The van der Waals surface area contributed by atoms with Crippen molar-refractivity contribution in [3.05, 3.63) is 0 Å². The second-order valence-corrected chi connectivity index (χ2v) is 8.61. The summed E-state index contributed by atoms with van der Waals surface area (Å²) < 4.78 is 26.6. The molecule has 3 aliphatic rings. The molecule has 16 heteroatoms. The first-order valence-corrected chi connectivity index (χ1v) is 10.6. The Labute approximate surface area is 193 Å². The molecule has 3 heterocycles. The largest absolute Gasteiger partial charge is 0.394 e. The van der Waals surface area contributed by atoms with Gasteiger partial charge in [0.1, 0.15) is 67.1 Å². The zero-order chi connectivity index (χ0) is 25.5. The molecule has 0 bridgehead atoms. The lowest BCUT2D eigenvalue weighted by molar-refractivity contribution is -0.382. The summed E-state index contributed by atoms with van der Waals surface area (Å²) in [4.78, 5) is 0. The van der Waals surface area contributed by atoms with Crippen LogP contribution in [0.2, 0.25) is 0 Å². The third kappa shape index (κ3) is 5.09. The van der Waals surface area contributed by atoms with Gasteiger partial charge in [-0.1, -0.05) is 0 Å². The van der Waals surface area contributed by atoms with Gasteiger partial charge in [-0.05, 0) is 6.92 Å². The lowest BCUT2D eigenvalue weighted by Crippen LogP contribution is -2.71. The van der Waals surface area contributed by atoms with Crippen molar-refractivity contribution >= 4 is 0 Å². The van der Waals surface area contributed by atoms with Crippen LogP contribution < -0.4 is 5.73 Å². The number of hydrogen-bond donors (Lipinski definition) is 11. The molecule has 0 aromatic rings. The highest BCUT2D eigenvalue weighted by atomic mass is 16.8. The molecular formula is C18H33NO15. The molecule has 0 radical (unpaired) electrons. The minimum absolute atomic E-state index is 0.753. The van der Waals surface area contributed by atoms with Crippen LogP contribution in [0.25, 0.3) is 0 Å². The monoisotopic (exact) mass is 503 g/mol. The number of nitrogens with two attached hydrogens (primary N) is 1. The fourth-order valence-electron chi connectivity index (χ4n) is 4.04. The standard InChI is InChI=1S/C18H33NO15/c1-4-18(19,29)14(27)11(26)17(30-4)34-13-6(3-21)32-16(10(25)8(13)23)33-12-5(2-20)31-15(28)9(24)7(12)22/h4-17,20-29H,2-3,19H2,1H3/t4-,5-,6-,7-,8-,9-,10-,11-,12-,13-,14-,15+,16-,17-,18+/m1/s1. The lowest BCUT2D eigenvalue weighted by atomic mass is 9.93. The number of ether oxygens (including phenoxy) is 5. The van der Waals surface area contributed by atoms with E-state index in [1.807, 2.05) is 0 Å². The average Bonchev–Trinajstić information content (AvgIpc) is 2.80. The van der Waals surface area contributed by atoms with E-state index in [2.05, 4.69) is 0 Å². The Morgan fingerprint density at radius 3 is 1.71 bits per heavy atom. The molecule has 34 heavy (non-hydrogen) atoms. The highest BCUT2D eigenvalue weighted by Crippen LogP contribution is 2.33. The molecule has 0 aromatic heterocycles. The Morgan fingerprint density at radius 2 is 1.18 bits per heavy atom. The van der Waals surface area contributed by atoms with Crippen molar-refractivity contribution < 1.29 is 74.7 Å². The predicted octanol–water partition coefficient (Wildman–Crippen LogP) is -7.26. The third-order valence-corrected chi connectivity index (χ3v) is 6.31. The first-order valence-electron chi connectivity index (χ1n) is 10.6. The molecule has 0 aliphatic carbocycles. The van der Waals surface area contributed by atoms with Crippen molar-refractivity contribution in [2.24, 2.45) is 5.73 Å². The molecule has 3 saturated heterocycles. The van der Waals surface area contributed by atoms with Crippen molar-refractivity contribution in [3.63, 3.8) is 0 Å². The van der Waals surface area contributed by atoms with Crippen LogP contribution in [0.1, 0.15) is 6.92 Å². The highest BCUT2D eigenvalue weighted by molar-refractivity contribution is 4.98. The molecule has 0 saturated carbocycles. The quantitative estimate of drug-likeness (QED) is 0.150. The predicted molar refractivity (Wildman–Crippen MR) is 103 cm³/mol. The number of hydrogen-bond acceptors (Lipinski definition) is 16. The fourth-order valence-corrected chi connectivity index (χ4v) is 4.04. The van der Waals surface area contributed by atoms with Gasteiger partial charge in [0.2, 0.25) is 0 Å². The first kappa shape index (κ1) is 27.9. The van der Waals surface area contributed by atoms with Gasteiger partial charge in [0.25, 0.3) is 0 Å². The van der Waals surface area contributed by atoms with Crippen molar-refractivity contribution in [2.75, 3.05) is 13.2 Å². The van der Waals surface area contributed by atoms with E-state index in [1.165, 1.54) is 6.92 Å². The maximum atomic E-state index is 10.6. The molecule has 200 valence electrons. The van der Waals surface area contributed by atoms with Gasteiger partial charge < -0.3 is 74.7 Å². The molecule has 0 aromatic carbocycles. The second kappa shape index (κ2) is 10.8. The Bertz CT molecular complexity index is 667. The van der Waals surface area contributed by atoms with E-state index in [0.29, 0.717) is 0 Å². The first-order chi connectivity index (χ1) is 15.8. The van der Waals surface area contributed by atoms with Crippen LogP contribution in [-0.2, 0) is 23.7 Å². The van der Waals surface area contributed by atoms with Crippen LogP contribution in [0.15, 0.2) is 0 Å². The Balaban J connectivity index is 1.72. The van der Waals surface area contributed by atoms with E-state index in [0.717, 1.165) is 0 Å². The average molecular weight is 503 g/mol. The zero-order valence-electron chi connectivity index (χ0n) is 18.1. The van der Waals surface area contributed by atoms with Crippen LogP contribution in [0.4, 0.5) is 0 Å². The SMILES string of the molecule is C[C@H]1O[C@H](O[C@H]2[C@H](O)[C@@H](O)[C@@H](O[C@H]3[C@H](O)[C@@H](O)[C@@H](O)O[C@@H]3CO)O[C@@H]2CO)[C@H](O)[C@@H](O)[C@@]1(N)O. The Hall–Kier alpha value is -0.640.